The second-order valence-electron chi connectivity index (χ2n) is 5.19. The summed E-state index contributed by atoms with van der Waals surface area (Å²) < 4.78 is 5.87. The van der Waals surface area contributed by atoms with E-state index in [1.807, 2.05) is 0 Å². The van der Waals surface area contributed by atoms with Gasteiger partial charge in [0.25, 0.3) is 0 Å². The van der Waals surface area contributed by atoms with E-state index in [-0.39, 0.29) is 24.0 Å². The van der Waals surface area contributed by atoms with Gasteiger partial charge in [-0.3, -0.25) is 0 Å². The van der Waals surface area contributed by atoms with Gasteiger partial charge in [0, 0.05) is 6.54 Å². The van der Waals surface area contributed by atoms with Crippen LogP contribution in [0.2, 0.25) is 0 Å². The van der Waals surface area contributed by atoms with Crippen LogP contribution in [0.25, 0.3) is 0 Å². The lowest BCUT2D eigenvalue weighted by molar-refractivity contribution is 0.0992. The quantitative estimate of drug-likeness (QED) is 0.459. The summed E-state index contributed by atoms with van der Waals surface area (Å²) in [5.74, 6) is 0.912. The molecular formula is C14H22IN3OS. The molecule has 2 fully saturated rings. The number of thiophene rings is 1. The van der Waals surface area contributed by atoms with Crippen molar-refractivity contribution in [2.45, 2.75) is 51.0 Å². The minimum Gasteiger partial charge on any atom is -0.373 e. The second kappa shape index (κ2) is 7.61. The van der Waals surface area contributed by atoms with Crippen molar-refractivity contribution in [1.29, 1.82) is 0 Å². The Morgan fingerprint density at radius 2 is 2.40 bits per heavy atom. The third kappa shape index (κ3) is 3.85. The van der Waals surface area contributed by atoms with Crippen LogP contribution in [-0.4, -0.2) is 30.8 Å². The average molecular weight is 407 g/mol. The standard InChI is InChI=1S/C14H21N3OS.HI/c1-2-15-14(16-8-10-5-6-19-9-10)17-12-7-11-3-4-13(12)18-11;/h5-6,9,11-13H,2-4,7-8H2,1H3,(H2,15,16,17);1H. The van der Waals surface area contributed by atoms with Crippen LogP contribution < -0.4 is 10.6 Å². The first-order chi connectivity index (χ1) is 9.35. The first-order valence-electron chi connectivity index (χ1n) is 7.06. The molecule has 2 bridgehead atoms. The van der Waals surface area contributed by atoms with Gasteiger partial charge in [0.1, 0.15) is 0 Å². The molecule has 0 amide bonds. The molecule has 2 aliphatic rings. The Bertz CT molecular complexity index is 438. The number of halogens is 1. The van der Waals surface area contributed by atoms with Crippen LogP contribution in [0.1, 0.15) is 31.7 Å². The van der Waals surface area contributed by atoms with Gasteiger partial charge in [-0.1, -0.05) is 0 Å². The molecular weight excluding hydrogens is 385 g/mol. The molecule has 1 aromatic heterocycles. The predicted octanol–water partition coefficient (Wildman–Crippen LogP) is 2.74. The van der Waals surface area contributed by atoms with Crippen LogP contribution in [0.15, 0.2) is 21.8 Å². The van der Waals surface area contributed by atoms with Crippen LogP contribution in [0.3, 0.4) is 0 Å². The summed E-state index contributed by atoms with van der Waals surface area (Å²) in [6.07, 6.45) is 4.39. The molecule has 2 aliphatic heterocycles. The van der Waals surface area contributed by atoms with Crippen molar-refractivity contribution in [3.63, 3.8) is 0 Å². The van der Waals surface area contributed by atoms with Crippen LogP contribution in [0.4, 0.5) is 0 Å². The molecule has 0 saturated carbocycles. The summed E-state index contributed by atoms with van der Waals surface area (Å²) in [7, 11) is 0. The number of hydrogen-bond acceptors (Lipinski definition) is 3. The first kappa shape index (κ1) is 16.0. The molecule has 3 rings (SSSR count). The van der Waals surface area contributed by atoms with Gasteiger partial charge in [0.15, 0.2) is 5.96 Å². The second-order valence-corrected chi connectivity index (χ2v) is 5.97. The topological polar surface area (TPSA) is 45.7 Å². The smallest absolute Gasteiger partial charge is 0.191 e. The number of nitrogens with zero attached hydrogens (tertiary/aromatic N) is 1. The molecule has 4 nitrogen and oxygen atoms in total. The van der Waals surface area contributed by atoms with Gasteiger partial charge in [-0.2, -0.15) is 11.3 Å². The zero-order valence-electron chi connectivity index (χ0n) is 11.7. The SMILES string of the molecule is CCNC(=NCc1ccsc1)NC1CC2CCC1O2.I. The Morgan fingerprint density at radius 3 is 3.00 bits per heavy atom. The molecule has 112 valence electrons. The van der Waals surface area contributed by atoms with Gasteiger partial charge in [-0.25, -0.2) is 4.99 Å². The zero-order chi connectivity index (χ0) is 13.1. The number of guanidine groups is 1. The average Bonchev–Trinajstić information content (AvgIpc) is 3.13. The van der Waals surface area contributed by atoms with Crippen molar-refractivity contribution in [2.24, 2.45) is 4.99 Å². The summed E-state index contributed by atoms with van der Waals surface area (Å²) in [5, 5.41) is 11.1. The molecule has 1 aromatic rings. The molecule has 3 heterocycles. The Hall–Kier alpha value is -0.340. The van der Waals surface area contributed by atoms with Gasteiger partial charge in [-0.15, -0.1) is 24.0 Å². The summed E-state index contributed by atoms with van der Waals surface area (Å²) in [6.45, 7) is 3.72. The number of fused-ring (bicyclic) bond motifs is 2. The van der Waals surface area contributed by atoms with Gasteiger partial charge >= 0.3 is 0 Å². The van der Waals surface area contributed by atoms with Gasteiger partial charge < -0.3 is 15.4 Å². The number of ether oxygens (including phenoxy) is 1. The molecule has 2 N–H and O–H groups in total. The third-order valence-corrected chi connectivity index (χ3v) is 4.50. The summed E-state index contributed by atoms with van der Waals surface area (Å²) >= 11 is 1.72. The van der Waals surface area contributed by atoms with Gasteiger partial charge in [0.2, 0.25) is 0 Å². The number of rotatable bonds is 4. The minimum atomic E-state index is 0. The lowest BCUT2D eigenvalue weighted by Crippen LogP contribution is -2.47. The summed E-state index contributed by atoms with van der Waals surface area (Å²) in [4.78, 5) is 4.65. The van der Waals surface area contributed by atoms with E-state index >= 15 is 0 Å². The molecule has 6 heteroatoms. The first-order valence-corrected chi connectivity index (χ1v) is 8.01. The summed E-state index contributed by atoms with van der Waals surface area (Å²) in [5.41, 5.74) is 1.27. The Labute approximate surface area is 141 Å². The largest absolute Gasteiger partial charge is 0.373 e. The lowest BCUT2D eigenvalue weighted by atomic mass is 9.96. The highest BCUT2D eigenvalue weighted by Gasteiger charge is 2.41. The zero-order valence-corrected chi connectivity index (χ0v) is 14.8. The number of aliphatic imine (C=N–C) groups is 1. The maximum atomic E-state index is 5.87. The fourth-order valence-corrected chi connectivity index (χ4v) is 3.50. The van der Waals surface area contributed by atoms with Crippen molar-refractivity contribution in [3.05, 3.63) is 22.4 Å². The molecule has 0 spiro atoms. The highest BCUT2D eigenvalue weighted by atomic mass is 127. The van der Waals surface area contributed by atoms with Crippen molar-refractivity contribution >= 4 is 41.3 Å². The van der Waals surface area contributed by atoms with Crippen molar-refractivity contribution in [1.82, 2.24) is 10.6 Å². The van der Waals surface area contributed by atoms with E-state index < -0.39 is 0 Å². The van der Waals surface area contributed by atoms with E-state index in [2.05, 4.69) is 39.4 Å². The van der Waals surface area contributed by atoms with Gasteiger partial charge in [0.05, 0.1) is 24.8 Å². The lowest BCUT2D eigenvalue weighted by Gasteiger charge is -2.22. The molecule has 2 saturated heterocycles. The van der Waals surface area contributed by atoms with Crippen LogP contribution in [0.5, 0.6) is 0 Å². The highest BCUT2D eigenvalue weighted by Crippen LogP contribution is 2.34. The third-order valence-electron chi connectivity index (χ3n) is 3.77. The Balaban J connectivity index is 0.00000147. The monoisotopic (exact) mass is 407 g/mol. The van der Waals surface area contributed by atoms with Crippen LogP contribution in [0, 0.1) is 0 Å². The molecule has 3 unspecified atom stereocenters. The fraction of sp³-hybridized carbons (Fsp3) is 0.643. The minimum absolute atomic E-state index is 0. The van der Waals surface area contributed by atoms with E-state index in [9.17, 15) is 0 Å². The Kier molecular flexibility index (Phi) is 6.10. The summed E-state index contributed by atoms with van der Waals surface area (Å²) in [6, 6.07) is 2.55. The molecule has 0 aromatic carbocycles. The number of nitrogens with one attached hydrogen (secondary N) is 2. The maximum Gasteiger partial charge on any atom is 0.191 e. The fourth-order valence-electron chi connectivity index (χ4n) is 2.84. The van der Waals surface area contributed by atoms with Crippen LogP contribution in [-0.2, 0) is 11.3 Å². The van der Waals surface area contributed by atoms with Crippen LogP contribution >= 0.6 is 35.3 Å². The molecule has 0 radical (unpaired) electrons. The Morgan fingerprint density at radius 1 is 1.50 bits per heavy atom. The van der Waals surface area contributed by atoms with Crippen molar-refractivity contribution < 1.29 is 4.74 Å². The maximum absolute atomic E-state index is 5.87. The van der Waals surface area contributed by atoms with E-state index in [1.54, 1.807) is 11.3 Å². The van der Waals surface area contributed by atoms with E-state index in [1.165, 1.54) is 18.4 Å². The molecule has 3 atom stereocenters. The van der Waals surface area contributed by atoms with E-state index in [0.717, 1.165) is 25.5 Å². The predicted molar refractivity (Wildman–Crippen MR) is 94.0 cm³/mol. The van der Waals surface area contributed by atoms with E-state index in [0.29, 0.717) is 18.2 Å². The van der Waals surface area contributed by atoms with Gasteiger partial charge in [-0.05, 0) is 48.6 Å². The van der Waals surface area contributed by atoms with E-state index in [4.69, 9.17) is 4.74 Å². The molecule has 0 aliphatic carbocycles. The normalized spacial score (nSPS) is 28.2. The number of hydrogen-bond donors (Lipinski definition) is 2. The highest BCUT2D eigenvalue weighted by molar-refractivity contribution is 14.0. The van der Waals surface area contributed by atoms with Crippen molar-refractivity contribution in [2.75, 3.05) is 6.54 Å². The van der Waals surface area contributed by atoms with Crippen molar-refractivity contribution in [3.8, 4) is 0 Å². The molecule has 20 heavy (non-hydrogen) atoms.